The van der Waals surface area contributed by atoms with Gasteiger partial charge in [0.05, 0.1) is 12.1 Å². The molecule has 6 heteroatoms. The molecule has 0 unspecified atom stereocenters. The van der Waals surface area contributed by atoms with E-state index in [2.05, 4.69) is 53.7 Å². The normalized spacial score (nSPS) is 17.0. The smallest absolute Gasteiger partial charge is 0.191 e. The van der Waals surface area contributed by atoms with Crippen LogP contribution in [-0.4, -0.2) is 45.0 Å². The van der Waals surface area contributed by atoms with Crippen LogP contribution in [0.15, 0.2) is 29.3 Å². The highest BCUT2D eigenvalue weighted by Crippen LogP contribution is 2.23. The van der Waals surface area contributed by atoms with Crippen LogP contribution >= 0.6 is 24.0 Å². The van der Waals surface area contributed by atoms with Gasteiger partial charge in [0.1, 0.15) is 0 Å². The number of hydrogen-bond donors (Lipinski definition) is 2. The molecule has 0 aromatic heterocycles. The molecule has 136 valence electrons. The molecular formula is C18H30IN3O2. The summed E-state index contributed by atoms with van der Waals surface area (Å²) in [5, 5.41) is 6.72. The minimum absolute atomic E-state index is 0. The lowest BCUT2D eigenvalue weighted by Gasteiger charge is -2.36. The molecule has 0 aliphatic carbocycles. The number of aliphatic imine (C=N–C) groups is 1. The topological polar surface area (TPSA) is 54.9 Å². The van der Waals surface area contributed by atoms with Gasteiger partial charge in [0, 0.05) is 46.3 Å². The molecule has 2 N–H and O–H groups in total. The highest BCUT2D eigenvalue weighted by atomic mass is 127. The fourth-order valence-corrected chi connectivity index (χ4v) is 2.65. The molecular weight excluding hydrogens is 417 g/mol. The lowest BCUT2D eigenvalue weighted by Crippen LogP contribution is -2.50. The molecule has 1 aromatic carbocycles. The molecule has 0 spiro atoms. The van der Waals surface area contributed by atoms with Crippen LogP contribution in [-0.2, 0) is 16.0 Å². The standard InChI is InChI=1S/C18H29N3O2.HI/c1-4-19-17(20-13-16-7-5-15(2)6-8-16)21-14-18(22-3)9-11-23-12-10-18;/h5-8H,4,9-14H2,1-3H3,(H2,19,20,21);1H. The summed E-state index contributed by atoms with van der Waals surface area (Å²) >= 11 is 0. The number of nitrogens with one attached hydrogen (secondary N) is 2. The predicted octanol–water partition coefficient (Wildman–Crippen LogP) is 2.86. The molecule has 0 atom stereocenters. The van der Waals surface area contributed by atoms with E-state index in [9.17, 15) is 0 Å². The Morgan fingerprint density at radius 2 is 1.88 bits per heavy atom. The Balaban J connectivity index is 0.00000288. The van der Waals surface area contributed by atoms with Crippen molar-refractivity contribution in [1.82, 2.24) is 10.6 Å². The molecule has 2 rings (SSSR count). The van der Waals surface area contributed by atoms with Gasteiger partial charge in [-0.2, -0.15) is 0 Å². The third-order valence-corrected chi connectivity index (χ3v) is 4.30. The van der Waals surface area contributed by atoms with E-state index in [1.54, 1.807) is 7.11 Å². The minimum atomic E-state index is -0.154. The monoisotopic (exact) mass is 447 g/mol. The third kappa shape index (κ3) is 6.57. The molecule has 1 aliphatic rings. The molecule has 24 heavy (non-hydrogen) atoms. The first kappa shape index (κ1) is 21.2. The number of halogens is 1. The van der Waals surface area contributed by atoms with Gasteiger partial charge in [0.25, 0.3) is 0 Å². The van der Waals surface area contributed by atoms with Crippen molar-refractivity contribution in [2.45, 2.75) is 38.8 Å². The Labute approximate surface area is 162 Å². The van der Waals surface area contributed by atoms with Gasteiger partial charge < -0.3 is 20.1 Å². The maximum atomic E-state index is 5.76. The highest BCUT2D eigenvalue weighted by Gasteiger charge is 2.32. The van der Waals surface area contributed by atoms with Crippen LogP contribution in [0.4, 0.5) is 0 Å². The van der Waals surface area contributed by atoms with Crippen molar-refractivity contribution in [3.05, 3.63) is 35.4 Å². The maximum Gasteiger partial charge on any atom is 0.191 e. The van der Waals surface area contributed by atoms with Crippen LogP contribution in [0, 0.1) is 6.92 Å². The second-order valence-corrected chi connectivity index (χ2v) is 6.03. The summed E-state index contributed by atoms with van der Waals surface area (Å²) in [5.74, 6) is 0.830. The number of methoxy groups -OCH3 is 1. The van der Waals surface area contributed by atoms with Gasteiger partial charge >= 0.3 is 0 Å². The first-order valence-electron chi connectivity index (χ1n) is 8.38. The summed E-state index contributed by atoms with van der Waals surface area (Å²) < 4.78 is 11.2. The van der Waals surface area contributed by atoms with Crippen molar-refractivity contribution in [3.8, 4) is 0 Å². The largest absolute Gasteiger partial charge is 0.381 e. The molecule has 1 fully saturated rings. The summed E-state index contributed by atoms with van der Waals surface area (Å²) in [4.78, 5) is 4.67. The Morgan fingerprint density at radius 3 is 2.46 bits per heavy atom. The van der Waals surface area contributed by atoms with Crippen LogP contribution < -0.4 is 10.6 Å². The maximum absolute atomic E-state index is 5.76. The summed E-state index contributed by atoms with van der Waals surface area (Å²) in [5.41, 5.74) is 2.32. The SMILES string of the molecule is CCNC(=NCc1ccc(C)cc1)NCC1(OC)CCOCC1.I. The van der Waals surface area contributed by atoms with Crippen molar-refractivity contribution in [3.63, 3.8) is 0 Å². The quantitative estimate of drug-likeness (QED) is 0.400. The number of guanidine groups is 1. The van der Waals surface area contributed by atoms with Gasteiger partial charge in [0.2, 0.25) is 0 Å². The zero-order valence-corrected chi connectivity index (χ0v) is 17.3. The minimum Gasteiger partial charge on any atom is -0.381 e. The fraction of sp³-hybridized carbons (Fsp3) is 0.611. The first-order chi connectivity index (χ1) is 11.2. The number of ether oxygens (including phenoxy) is 2. The second kappa shape index (κ2) is 10.9. The average molecular weight is 447 g/mol. The van der Waals surface area contributed by atoms with Crippen LogP contribution in [0.3, 0.4) is 0 Å². The summed E-state index contributed by atoms with van der Waals surface area (Å²) in [7, 11) is 1.78. The lowest BCUT2D eigenvalue weighted by molar-refractivity contribution is -0.0855. The molecule has 0 bridgehead atoms. The second-order valence-electron chi connectivity index (χ2n) is 6.03. The molecule has 1 saturated heterocycles. The summed E-state index contributed by atoms with van der Waals surface area (Å²) in [6, 6.07) is 8.48. The summed E-state index contributed by atoms with van der Waals surface area (Å²) in [6.07, 6.45) is 1.82. The first-order valence-corrected chi connectivity index (χ1v) is 8.38. The van der Waals surface area contributed by atoms with E-state index in [-0.39, 0.29) is 29.6 Å². The van der Waals surface area contributed by atoms with Gasteiger partial charge in [0.15, 0.2) is 5.96 Å². The van der Waals surface area contributed by atoms with Crippen molar-refractivity contribution >= 4 is 29.9 Å². The Morgan fingerprint density at radius 1 is 1.21 bits per heavy atom. The van der Waals surface area contributed by atoms with Crippen LogP contribution in [0.25, 0.3) is 0 Å². The van der Waals surface area contributed by atoms with Crippen LogP contribution in [0.1, 0.15) is 30.9 Å². The molecule has 0 saturated carbocycles. The fourth-order valence-electron chi connectivity index (χ4n) is 2.65. The zero-order valence-electron chi connectivity index (χ0n) is 14.9. The van der Waals surface area contributed by atoms with Gasteiger partial charge in [-0.25, -0.2) is 4.99 Å². The number of rotatable bonds is 6. The van der Waals surface area contributed by atoms with Crippen LogP contribution in [0.5, 0.6) is 0 Å². The number of benzene rings is 1. The molecule has 1 heterocycles. The van der Waals surface area contributed by atoms with Crippen molar-refractivity contribution in [1.29, 1.82) is 0 Å². The van der Waals surface area contributed by atoms with Gasteiger partial charge in [-0.05, 0) is 19.4 Å². The van der Waals surface area contributed by atoms with E-state index in [0.717, 1.165) is 45.1 Å². The van der Waals surface area contributed by atoms with E-state index in [1.807, 2.05) is 0 Å². The van der Waals surface area contributed by atoms with E-state index in [1.165, 1.54) is 11.1 Å². The Bertz CT molecular complexity index is 499. The van der Waals surface area contributed by atoms with E-state index in [4.69, 9.17) is 9.47 Å². The molecule has 0 amide bonds. The van der Waals surface area contributed by atoms with Crippen LogP contribution in [0.2, 0.25) is 0 Å². The number of hydrogen-bond acceptors (Lipinski definition) is 3. The average Bonchev–Trinajstić information content (AvgIpc) is 2.59. The number of aryl methyl sites for hydroxylation is 1. The van der Waals surface area contributed by atoms with Gasteiger partial charge in [-0.3, -0.25) is 0 Å². The molecule has 1 aromatic rings. The van der Waals surface area contributed by atoms with E-state index in [0.29, 0.717) is 6.54 Å². The summed E-state index contributed by atoms with van der Waals surface area (Å²) in [6.45, 7) is 7.92. The van der Waals surface area contributed by atoms with Gasteiger partial charge in [-0.1, -0.05) is 29.8 Å². The Kier molecular flexibility index (Phi) is 9.61. The van der Waals surface area contributed by atoms with Crippen molar-refractivity contribution in [2.24, 2.45) is 4.99 Å². The highest BCUT2D eigenvalue weighted by molar-refractivity contribution is 14.0. The van der Waals surface area contributed by atoms with Gasteiger partial charge in [-0.15, -0.1) is 24.0 Å². The van der Waals surface area contributed by atoms with Crippen molar-refractivity contribution < 1.29 is 9.47 Å². The molecule has 5 nitrogen and oxygen atoms in total. The lowest BCUT2D eigenvalue weighted by atomic mass is 9.94. The van der Waals surface area contributed by atoms with E-state index < -0.39 is 0 Å². The zero-order chi connectivity index (χ0) is 16.5. The van der Waals surface area contributed by atoms with E-state index >= 15 is 0 Å². The van der Waals surface area contributed by atoms with Crippen molar-refractivity contribution in [2.75, 3.05) is 33.4 Å². The molecule has 0 radical (unpaired) electrons. The Hall–Kier alpha value is -0.860. The third-order valence-electron chi connectivity index (χ3n) is 4.30. The molecule has 1 aliphatic heterocycles. The number of nitrogens with zero attached hydrogens (tertiary/aromatic N) is 1. The predicted molar refractivity (Wildman–Crippen MR) is 109 cm³/mol.